The van der Waals surface area contributed by atoms with Gasteiger partial charge in [-0.1, -0.05) is 140 Å². The Kier molecular flexibility index (Phi) is 5.91. The minimum absolute atomic E-state index is 0.460. The van der Waals surface area contributed by atoms with E-state index >= 15 is 0 Å². The van der Waals surface area contributed by atoms with Crippen LogP contribution in [0.4, 0.5) is 17.1 Å². The van der Waals surface area contributed by atoms with E-state index in [1.54, 1.807) is 0 Å². The van der Waals surface area contributed by atoms with Crippen molar-refractivity contribution in [3.05, 3.63) is 210 Å². The summed E-state index contributed by atoms with van der Waals surface area (Å²) in [5, 5.41) is 2.32. The second kappa shape index (κ2) is 10.7. The first kappa shape index (κ1) is 28.2. The Bertz CT molecular complexity index is 2760. The smallest absolute Gasteiger partial charge is 0.143 e. The Morgan fingerprint density at radius 2 is 0.941 bits per heavy atom. The van der Waals surface area contributed by atoms with Gasteiger partial charge in [-0.2, -0.15) is 0 Å². The van der Waals surface area contributed by atoms with Crippen molar-refractivity contribution in [2.75, 3.05) is 4.90 Å². The number of fused-ring (bicyclic) bond motifs is 14. The van der Waals surface area contributed by atoms with E-state index in [0.717, 1.165) is 39.0 Å². The van der Waals surface area contributed by atoms with Gasteiger partial charge in [0.25, 0.3) is 0 Å². The van der Waals surface area contributed by atoms with Crippen LogP contribution in [0.3, 0.4) is 0 Å². The molecule has 51 heavy (non-hydrogen) atoms. The van der Waals surface area contributed by atoms with Crippen molar-refractivity contribution >= 4 is 39.0 Å². The standard InChI is InChI=1S/C49H31NO/c1-3-13-34(14-4-1)50(35-15-5-2-6-16-35)36-26-23-32(24-27-36)33-25-28-38-37-17-7-10-20-42(37)49(45(38)31-33)43-21-11-8-19-41(43)47-44(49)30-29-40-39-18-9-12-22-46(39)51-48(40)47/h1-31H. The molecule has 0 saturated heterocycles. The summed E-state index contributed by atoms with van der Waals surface area (Å²) in [6.07, 6.45) is 0. The van der Waals surface area contributed by atoms with E-state index < -0.39 is 5.41 Å². The summed E-state index contributed by atoms with van der Waals surface area (Å²) in [5.41, 5.74) is 17.5. The highest BCUT2D eigenvalue weighted by Crippen LogP contribution is 2.64. The summed E-state index contributed by atoms with van der Waals surface area (Å²) in [6.45, 7) is 0. The molecule has 238 valence electrons. The van der Waals surface area contributed by atoms with Crippen molar-refractivity contribution in [1.29, 1.82) is 0 Å². The predicted octanol–water partition coefficient (Wildman–Crippen LogP) is 13.1. The first-order chi connectivity index (χ1) is 25.3. The van der Waals surface area contributed by atoms with Gasteiger partial charge in [0.05, 0.1) is 5.41 Å². The van der Waals surface area contributed by atoms with Gasteiger partial charge in [-0.05, 0) is 98.6 Å². The van der Waals surface area contributed by atoms with Gasteiger partial charge >= 0.3 is 0 Å². The zero-order valence-electron chi connectivity index (χ0n) is 27.8. The maximum atomic E-state index is 6.71. The molecular formula is C49H31NO. The van der Waals surface area contributed by atoms with E-state index in [1.807, 2.05) is 0 Å². The van der Waals surface area contributed by atoms with Crippen molar-refractivity contribution in [1.82, 2.24) is 0 Å². The van der Waals surface area contributed by atoms with Gasteiger partial charge in [0.1, 0.15) is 11.2 Å². The van der Waals surface area contributed by atoms with Crippen LogP contribution in [0.25, 0.3) is 55.3 Å². The number of rotatable bonds is 4. The van der Waals surface area contributed by atoms with E-state index in [0.29, 0.717) is 0 Å². The first-order valence-corrected chi connectivity index (χ1v) is 17.6. The van der Waals surface area contributed by atoms with Gasteiger partial charge < -0.3 is 9.32 Å². The maximum Gasteiger partial charge on any atom is 0.143 e. The molecule has 0 bridgehead atoms. The molecule has 0 saturated carbocycles. The average molecular weight is 650 g/mol. The molecule has 0 fully saturated rings. The normalized spacial score (nSPS) is 15.1. The maximum absolute atomic E-state index is 6.71. The van der Waals surface area contributed by atoms with Crippen molar-refractivity contribution < 1.29 is 4.42 Å². The molecule has 2 aliphatic carbocycles. The Balaban J connectivity index is 1.11. The zero-order chi connectivity index (χ0) is 33.5. The van der Waals surface area contributed by atoms with E-state index in [9.17, 15) is 0 Å². The third-order valence-electron chi connectivity index (χ3n) is 11.1. The van der Waals surface area contributed by atoms with Crippen molar-refractivity contribution in [3.8, 4) is 33.4 Å². The minimum atomic E-state index is -0.460. The van der Waals surface area contributed by atoms with Gasteiger partial charge in [0, 0.05) is 33.4 Å². The van der Waals surface area contributed by atoms with Gasteiger partial charge in [-0.25, -0.2) is 0 Å². The molecule has 1 unspecified atom stereocenters. The summed E-state index contributed by atoms with van der Waals surface area (Å²) in [4.78, 5) is 2.31. The van der Waals surface area contributed by atoms with E-state index in [4.69, 9.17) is 4.42 Å². The molecule has 8 aromatic carbocycles. The number of hydrogen-bond donors (Lipinski definition) is 0. The molecule has 0 N–H and O–H groups in total. The Morgan fingerprint density at radius 3 is 1.69 bits per heavy atom. The molecule has 1 aromatic heterocycles. The van der Waals surface area contributed by atoms with E-state index in [2.05, 4.69) is 193 Å². The zero-order valence-corrected chi connectivity index (χ0v) is 27.8. The fourth-order valence-corrected chi connectivity index (χ4v) is 8.99. The summed E-state index contributed by atoms with van der Waals surface area (Å²) in [7, 11) is 0. The SMILES string of the molecule is c1ccc(N(c2ccccc2)c2ccc(-c3ccc4c(c3)C3(c5ccccc5-4)c4ccccc4-c4c3ccc3c4oc4ccccc43)cc2)cc1. The molecule has 11 rings (SSSR count). The highest BCUT2D eigenvalue weighted by atomic mass is 16.3. The van der Waals surface area contributed by atoms with Crippen LogP contribution < -0.4 is 4.90 Å². The largest absolute Gasteiger partial charge is 0.455 e. The molecule has 0 aliphatic heterocycles. The van der Waals surface area contributed by atoms with Gasteiger partial charge in [-0.3, -0.25) is 0 Å². The third kappa shape index (κ3) is 3.87. The quantitative estimate of drug-likeness (QED) is 0.189. The van der Waals surface area contributed by atoms with Crippen LogP contribution in [0.5, 0.6) is 0 Å². The lowest BCUT2D eigenvalue weighted by molar-refractivity contribution is 0.669. The fraction of sp³-hybridized carbons (Fsp3) is 0.0204. The molecule has 1 atom stereocenters. The van der Waals surface area contributed by atoms with E-state index in [-0.39, 0.29) is 0 Å². The number of furan rings is 1. The number of anilines is 3. The summed E-state index contributed by atoms with van der Waals surface area (Å²) >= 11 is 0. The Labute approximate surface area is 296 Å². The van der Waals surface area contributed by atoms with Crippen LogP contribution >= 0.6 is 0 Å². The van der Waals surface area contributed by atoms with Crippen LogP contribution in [0.15, 0.2) is 192 Å². The van der Waals surface area contributed by atoms with Gasteiger partial charge in [-0.15, -0.1) is 0 Å². The molecule has 9 aromatic rings. The van der Waals surface area contributed by atoms with E-state index in [1.165, 1.54) is 55.6 Å². The number of hydrogen-bond acceptors (Lipinski definition) is 2. The topological polar surface area (TPSA) is 16.4 Å². The first-order valence-electron chi connectivity index (χ1n) is 17.6. The van der Waals surface area contributed by atoms with Crippen molar-refractivity contribution in [2.45, 2.75) is 5.41 Å². The highest BCUT2D eigenvalue weighted by molar-refractivity contribution is 6.13. The summed E-state index contributed by atoms with van der Waals surface area (Å²) < 4.78 is 6.71. The lowest BCUT2D eigenvalue weighted by Crippen LogP contribution is -2.25. The van der Waals surface area contributed by atoms with Gasteiger partial charge in [0.15, 0.2) is 0 Å². The highest BCUT2D eigenvalue weighted by Gasteiger charge is 2.52. The van der Waals surface area contributed by atoms with Crippen LogP contribution in [0.1, 0.15) is 22.3 Å². The number of benzene rings is 8. The second-order valence-electron chi connectivity index (χ2n) is 13.6. The molecule has 1 heterocycles. The average Bonchev–Trinajstić information content (AvgIpc) is 3.83. The second-order valence-corrected chi connectivity index (χ2v) is 13.6. The molecule has 0 radical (unpaired) electrons. The fourth-order valence-electron chi connectivity index (χ4n) is 8.99. The molecule has 2 nitrogen and oxygen atoms in total. The van der Waals surface area contributed by atoms with Crippen LogP contribution in [-0.2, 0) is 5.41 Å². The molecule has 0 amide bonds. The monoisotopic (exact) mass is 649 g/mol. The Hall–Kier alpha value is -6.64. The third-order valence-corrected chi connectivity index (χ3v) is 11.1. The minimum Gasteiger partial charge on any atom is -0.455 e. The summed E-state index contributed by atoms with van der Waals surface area (Å²) in [5.74, 6) is 0. The van der Waals surface area contributed by atoms with Gasteiger partial charge in [0.2, 0.25) is 0 Å². The molecular weight excluding hydrogens is 619 g/mol. The van der Waals surface area contributed by atoms with Crippen LogP contribution in [0.2, 0.25) is 0 Å². The summed E-state index contributed by atoms with van der Waals surface area (Å²) in [6, 6.07) is 68.2. The predicted molar refractivity (Wildman–Crippen MR) is 210 cm³/mol. The molecule has 2 heteroatoms. The van der Waals surface area contributed by atoms with Crippen LogP contribution in [-0.4, -0.2) is 0 Å². The van der Waals surface area contributed by atoms with Crippen molar-refractivity contribution in [2.24, 2.45) is 0 Å². The number of para-hydroxylation sites is 3. The number of nitrogens with zero attached hydrogens (tertiary/aromatic N) is 1. The molecule has 2 aliphatic rings. The molecule has 1 spiro atoms. The Morgan fingerprint density at radius 1 is 0.373 bits per heavy atom. The lowest BCUT2D eigenvalue weighted by atomic mass is 9.70. The lowest BCUT2D eigenvalue weighted by Gasteiger charge is -2.30. The van der Waals surface area contributed by atoms with Crippen molar-refractivity contribution in [3.63, 3.8) is 0 Å². The van der Waals surface area contributed by atoms with Crippen LogP contribution in [0, 0.1) is 0 Å².